The van der Waals surface area contributed by atoms with Crippen molar-refractivity contribution in [1.82, 2.24) is 25.4 Å². The predicted octanol–water partition coefficient (Wildman–Crippen LogP) is 2.50. The lowest BCUT2D eigenvalue weighted by molar-refractivity contribution is -0.134. The van der Waals surface area contributed by atoms with Crippen LogP contribution in [0.2, 0.25) is 0 Å². The maximum absolute atomic E-state index is 12.3. The number of carbonyl (C=O) groups excluding carboxylic acids is 2. The molecule has 0 bridgehead atoms. The molecule has 0 spiro atoms. The fraction of sp³-hybridized carbons (Fsp3) is 0.304. The van der Waals surface area contributed by atoms with Gasteiger partial charge in [0.15, 0.2) is 5.82 Å². The summed E-state index contributed by atoms with van der Waals surface area (Å²) >= 11 is 0. The number of carbonyl (C=O) groups is 2. The normalized spacial score (nSPS) is 13.6. The minimum atomic E-state index is -0.304. The molecule has 1 aliphatic heterocycles. The molecule has 2 heterocycles. The number of benzene rings is 2. The Morgan fingerprint density at radius 1 is 1.09 bits per heavy atom. The molecular weight excluding hydrogens is 408 g/mol. The standard InChI is InChI=1S/C23H26N6O3/c1-16-25-22(28-27-16)19-4-2-3-18(13-19)15-24-23(31)26-20-7-5-17(6-8-20)14-21(30)29-9-11-32-12-10-29/h2-8,13H,9-12,14-15H2,1H3,(H2,24,26,31)(H,25,27,28). The van der Waals surface area contributed by atoms with Crippen molar-refractivity contribution in [3.63, 3.8) is 0 Å². The number of hydrogen-bond donors (Lipinski definition) is 3. The highest BCUT2D eigenvalue weighted by atomic mass is 16.5. The number of anilines is 1. The molecule has 3 aromatic rings. The minimum absolute atomic E-state index is 0.0918. The Hall–Kier alpha value is -3.72. The highest BCUT2D eigenvalue weighted by Crippen LogP contribution is 2.16. The smallest absolute Gasteiger partial charge is 0.319 e. The van der Waals surface area contributed by atoms with E-state index in [-0.39, 0.29) is 11.9 Å². The number of amides is 3. The second-order valence-electron chi connectivity index (χ2n) is 7.62. The third kappa shape index (κ3) is 5.70. The molecule has 9 heteroatoms. The largest absolute Gasteiger partial charge is 0.378 e. The number of ether oxygens (including phenoxy) is 1. The lowest BCUT2D eigenvalue weighted by Gasteiger charge is -2.26. The molecule has 9 nitrogen and oxygen atoms in total. The quantitative estimate of drug-likeness (QED) is 0.552. The second kappa shape index (κ2) is 10.1. The SMILES string of the molecule is Cc1nc(-c2cccc(CNC(=O)Nc3ccc(CC(=O)N4CCOCC4)cc3)c2)n[nH]1. The first kappa shape index (κ1) is 21.5. The zero-order valence-corrected chi connectivity index (χ0v) is 17.9. The van der Waals surface area contributed by atoms with Gasteiger partial charge in [-0.3, -0.25) is 9.89 Å². The average Bonchev–Trinajstić information content (AvgIpc) is 3.26. The number of nitrogens with zero attached hydrogens (tertiary/aromatic N) is 3. The predicted molar refractivity (Wildman–Crippen MR) is 120 cm³/mol. The molecule has 3 N–H and O–H groups in total. The molecule has 1 saturated heterocycles. The molecule has 166 valence electrons. The topological polar surface area (TPSA) is 112 Å². The van der Waals surface area contributed by atoms with E-state index in [2.05, 4.69) is 25.8 Å². The summed E-state index contributed by atoms with van der Waals surface area (Å²) in [6.07, 6.45) is 0.340. The van der Waals surface area contributed by atoms with Crippen LogP contribution in [0.4, 0.5) is 10.5 Å². The van der Waals surface area contributed by atoms with Gasteiger partial charge < -0.3 is 20.3 Å². The van der Waals surface area contributed by atoms with Crippen molar-refractivity contribution in [3.8, 4) is 11.4 Å². The maximum Gasteiger partial charge on any atom is 0.319 e. The molecular formula is C23H26N6O3. The van der Waals surface area contributed by atoms with Crippen LogP contribution in [0.1, 0.15) is 17.0 Å². The summed E-state index contributed by atoms with van der Waals surface area (Å²) in [4.78, 5) is 30.8. The van der Waals surface area contributed by atoms with Gasteiger partial charge in [0.2, 0.25) is 5.91 Å². The zero-order chi connectivity index (χ0) is 22.3. The number of urea groups is 1. The third-order valence-corrected chi connectivity index (χ3v) is 5.17. The summed E-state index contributed by atoms with van der Waals surface area (Å²) in [5, 5.41) is 12.7. The van der Waals surface area contributed by atoms with Gasteiger partial charge in [-0.25, -0.2) is 9.78 Å². The Balaban J connectivity index is 1.26. The molecule has 4 rings (SSSR count). The lowest BCUT2D eigenvalue weighted by atomic mass is 10.1. The highest BCUT2D eigenvalue weighted by molar-refractivity contribution is 5.89. The van der Waals surface area contributed by atoms with Crippen LogP contribution in [0.25, 0.3) is 11.4 Å². The van der Waals surface area contributed by atoms with Crippen molar-refractivity contribution >= 4 is 17.6 Å². The van der Waals surface area contributed by atoms with E-state index in [1.165, 1.54) is 0 Å². The van der Waals surface area contributed by atoms with Crippen LogP contribution >= 0.6 is 0 Å². The Labute approximate surface area is 186 Å². The molecule has 0 atom stereocenters. The molecule has 0 unspecified atom stereocenters. The Morgan fingerprint density at radius 2 is 1.88 bits per heavy atom. The van der Waals surface area contributed by atoms with Crippen LogP contribution in [0.15, 0.2) is 48.5 Å². The number of aryl methyl sites for hydroxylation is 1. The summed E-state index contributed by atoms with van der Waals surface area (Å²) in [6.45, 7) is 4.68. The Morgan fingerprint density at radius 3 is 2.59 bits per heavy atom. The molecule has 1 fully saturated rings. The van der Waals surface area contributed by atoms with Gasteiger partial charge in [0.25, 0.3) is 0 Å². The van der Waals surface area contributed by atoms with Gasteiger partial charge in [0.1, 0.15) is 5.82 Å². The van der Waals surface area contributed by atoms with Crippen LogP contribution in [0.3, 0.4) is 0 Å². The molecule has 2 aromatic carbocycles. The number of hydrogen-bond acceptors (Lipinski definition) is 5. The summed E-state index contributed by atoms with van der Waals surface area (Å²) in [5.41, 5.74) is 3.40. The van der Waals surface area contributed by atoms with Crippen molar-refractivity contribution in [2.24, 2.45) is 0 Å². The summed E-state index contributed by atoms with van der Waals surface area (Å²) < 4.78 is 5.28. The van der Waals surface area contributed by atoms with Crippen LogP contribution in [-0.4, -0.2) is 58.3 Å². The van der Waals surface area contributed by atoms with E-state index >= 15 is 0 Å². The van der Waals surface area contributed by atoms with Crippen molar-refractivity contribution in [1.29, 1.82) is 0 Å². The van der Waals surface area contributed by atoms with Gasteiger partial charge in [-0.1, -0.05) is 30.3 Å². The average molecular weight is 435 g/mol. The maximum atomic E-state index is 12.3. The lowest BCUT2D eigenvalue weighted by Crippen LogP contribution is -2.41. The Kier molecular flexibility index (Phi) is 6.76. The third-order valence-electron chi connectivity index (χ3n) is 5.17. The van der Waals surface area contributed by atoms with Crippen LogP contribution in [0.5, 0.6) is 0 Å². The second-order valence-corrected chi connectivity index (χ2v) is 7.62. The van der Waals surface area contributed by atoms with Gasteiger partial charge in [-0.05, 0) is 36.2 Å². The number of aromatic nitrogens is 3. The molecule has 3 amide bonds. The summed E-state index contributed by atoms with van der Waals surface area (Å²) in [5.74, 6) is 1.47. The monoisotopic (exact) mass is 434 g/mol. The fourth-order valence-electron chi connectivity index (χ4n) is 3.45. The summed E-state index contributed by atoms with van der Waals surface area (Å²) in [6, 6.07) is 14.7. The number of nitrogens with one attached hydrogen (secondary N) is 3. The van der Waals surface area contributed by atoms with E-state index in [4.69, 9.17) is 4.74 Å². The van der Waals surface area contributed by atoms with Crippen LogP contribution in [0, 0.1) is 6.92 Å². The molecule has 1 aromatic heterocycles. The first-order valence-corrected chi connectivity index (χ1v) is 10.5. The van der Waals surface area contributed by atoms with E-state index < -0.39 is 0 Å². The number of aromatic amines is 1. The van der Waals surface area contributed by atoms with Gasteiger partial charge in [-0.2, -0.15) is 5.10 Å². The van der Waals surface area contributed by atoms with Crippen molar-refractivity contribution < 1.29 is 14.3 Å². The highest BCUT2D eigenvalue weighted by Gasteiger charge is 2.17. The minimum Gasteiger partial charge on any atom is -0.378 e. The van der Waals surface area contributed by atoms with E-state index in [0.29, 0.717) is 50.8 Å². The van der Waals surface area contributed by atoms with Crippen LogP contribution in [-0.2, 0) is 22.5 Å². The molecule has 0 saturated carbocycles. The Bertz CT molecular complexity index is 1070. The van der Waals surface area contributed by atoms with E-state index in [0.717, 1.165) is 22.5 Å². The van der Waals surface area contributed by atoms with Crippen molar-refractivity contribution in [2.75, 3.05) is 31.6 Å². The molecule has 1 aliphatic rings. The molecule has 32 heavy (non-hydrogen) atoms. The van der Waals surface area contributed by atoms with Crippen LogP contribution < -0.4 is 10.6 Å². The first-order chi connectivity index (χ1) is 15.6. The molecule has 0 radical (unpaired) electrons. The van der Waals surface area contributed by atoms with Gasteiger partial charge >= 0.3 is 6.03 Å². The van der Waals surface area contributed by atoms with Gasteiger partial charge in [0.05, 0.1) is 19.6 Å². The zero-order valence-electron chi connectivity index (χ0n) is 17.9. The van der Waals surface area contributed by atoms with Gasteiger partial charge in [-0.15, -0.1) is 0 Å². The van der Waals surface area contributed by atoms with E-state index in [1.54, 1.807) is 12.1 Å². The molecule has 0 aliphatic carbocycles. The van der Waals surface area contributed by atoms with E-state index in [9.17, 15) is 9.59 Å². The van der Waals surface area contributed by atoms with Gasteiger partial charge in [0, 0.05) is 30.9 Å². The first-order valence-electron chi connectivity index (χ1n) is 10.5. The van der Waals surface area contributed by atoms with Crippen molar-refractivity contribution in [3.05, 3.63) is 65.5 Å². The number of rotatable bonds is 6. The van der Waals surface area contributed by atoms with Crippen molar-refractivity contribution in [2.45, 2.75) is 19.9 Å². The number of morpholine rings is 1. The summed E-state index contributed by atoms with van der Waals surface area (Å²) in [7, 11) is 0. The van der Waals surface area contributed by atoms with E-state index in [1.807, 2.05) is 48.2 Å². The number of H-pyrrole nitrogens is 1. The fourth-order valence-corrected chi connectivity index (χ4v) is 3.45.